The van der Waals surface area contributed by atoms with E-state index in [-0.39, 0.29) is 0 Å². The summed E-state index contributed by atoms with van der Waals surface area (Å²) in [5.41, 5.74) is 32.3. The van der Waals surface area contributed by atoms with Crippen molar-refractivity contribution < 1.29 is 17.7 Å². The summed E-state index contributed by atoms with van der Waals surface area (Å²) in [6, 6.07) is 180. The smallest absolute Gasteiger partial charge is 0.145 e. The molecule has 11 nitrogen and oxygen atoms in total. The summed E-state index contributed by atoms with van der Waals surface area (Å²) in [5, 5.41) is 29.2. The average Bonchev–Trinajstić information content (AvgIpc) is 1.56. The fraction of sp³-hybridized carbons (Fsp3) is 0. The lowest BCUT2D eigenvalue weighted by Gasteiger charge is -2.11. The van der Waals surface area contributed by atoms with Gasteiger partial charge in [-0.1, -0.05) is 285 Å². The highest BCUT2D eigenvalue weighted by Crippen LogP contribution is 2.50. The molecule has 0 bridgehead atoms. The van der Waals surface area contributed by atoms with Crippen LogP contribution in [-0.4, -0.2) is 32.0 Å². The van der Waals surface area contributed by atoms with Crippen molar-refractivity contribution in [1.29, 1.82) is 0 Å². The van der Waals surface area contributed by atoms with E-state index < -0.39 is 0 Å². The zero-order valence-electron chi connectivity index (χ0n) is 80.6. The minimum absolute atomic E-state index is 0.912. The highest BCUT2D eigenvalue weighted by molar-refractivity contribution is 7.26. The maximum atomic E-state index is 6.45. The van der Waals surface area contributed by atoms with Crippen molar-refractivity contribution in [2.24, 2.45) is 0 Å². The Morgan fingerprint density at radius 1 is 0.140 bits per heavy atom. The lowest BCUT2D eigenvalue weighted by atomic mass is 10.1. The van der Waals surface area contributed by atoms with Gasteiger partial charge >= 0.3 is 0 Å². The van der Waals surface area contributed by atoms with Gasteiger partial charge in [0, 0.05) is 163 Å². The maximum Gasteiger partial charge on any atom is 0.145 e. The topological polar surface area (TPSA) is 87.1 Å². The van der Waals surface area contributed by atoms with Crippen LogP contribution in [0, 0.1) is 0 Å². The van der Waals surface area contributed by atoms with Crippen molar-refractivity contribution in [1.82, 2.24) is 32.0 Å². The van der Waals surface area contributed by atoms with E-state index >= 15 is 0 Å². The monoisotopic (exact) mass is 1930 g/mol. The Hall–Kier alpha value is -19.9. The van der Waals surface area contributed by atoms with Crippen molar-refractivity contribution in [2.75, 3.05) is 0 Å². The molecule has 23 aromatic carbocycles. The zero-order valence-corrected chi connectivity index (χ0v) is 81.4. The van der Waals surface area contributed by atoms with Gasteiger partial charge in [-0.15, -0.1) is 11.3 Å². The molecule has 150 heavy (non-hydrogen) atoms. The predicted octanol–water partition coefficient (Wildman–Crippen LogP) is 38.4. The van der Waals surface area contributed by atoms with Gasteiger partial charge in [-0.25, -0.2) is 0 Å². The van der Waals surface area contributed by atoms with E-state index in [1.807, 2.05) is 41.7 Å². The second-order valence-electron chi connectivity index (χ2n) is 39.1. The van der Waals surface area contributed by atoms with Gasteiger partial charge in [0.15, 0.2) is 0 Å². The van der Waals surface area contributed by atoms with Crippen LogP contribution in [0.5, 0.6) is 0 Å². The zero-order chi connectivity index (χ0) is 98.0. The fourth-order valence-corrected chi connectivity index (χ4v) is 26.0. The third kappa shape index (κ3) is 12.4. The van der Waals surface area contributed by atoms with Gasteiger partial charge in [-0.2, -0.15) is 0 Å². The highest BCUT2D eigenvalue weighted by Gasteiger charge is 2.28. The first-order chi connectivity index (χ1) is 74.5. The molecule has 0 saturated carbocycles. The summed E-state index contributed by atoms with van der Waals surface area (Å²) in [6.45, 7) is 0. The number of rotatable bonds is 7. The minimum atomic E-state index is 0.912. The Bertz CT molecular complexity index is 11800. The molecule has 12 heteroatoms. The van der Waals surface area contributed by atoms with Gasteiger partial charge in [-0.05, 0) is 212 Å². The number of para-hydroxylation sites is 14. The molecule has 12 aromatic heterocycles. The van der Waals surface area contributed by atoms with Crippen LogP contribution in [0.3, 0.4) is 0 Å². The summed E-state index contributed by atoms with van der Waals surface area (Å²) in [6.07, 6.45) is 0. The van der Waals surface area contributed by atoms with E-state index in [4.69, 9.17) is 17.7 Å². The van der Waals surface area contributed by atoms with Crippen LogP contribution in [0.4, 0.5) is 0 Å². The molecule has 0 aliphatic rings. The van der Waals surface area contributed by atoms with Crippen LogP contribution in [0.2, 0.25) is 0 Å². The molecule has 35 rings (SSSR count). The minimum Gasteiger partial charge on any atom is -0.456 e. The van der Waals surface area contributed by atoms with Gasteiger partial charge in [0.05, 0.1) is 98.4 Å². The van der Waals surface area contributed by atoms with E-state index in [0.29, 0.717) is 0 Å². The van der Waals surface area contributed by atoms with Gasteiger partial charge in [0.2, 0.25) is 0 Å². The SMILES string of the molecule is c1ccc(-n2c3ccccc3c3cc(-n4c5ccccc5c5c6c(ccc54)oc4ccccc46)ccc32)cc1.c1ccc(-n2c3ccccc3c3cc(-n4c5ccccc5c5cc6c(cc54)oc4ccccc46)ccc32)cc1.c1ccc(-n2c3ccccc3c3cc(-n4c5ccccc5c5ccc6oc7ccccc7c6c54)ccc32)cc1.c1ccc2c(c1)oc1c2ccc2c1c1ccccc1n2-c1cccc2c1sc1ccccc12. The van der Waals surface area contributed by atoms with Gasteiger partial charge in [-0.3, -0.25) is 0 Å². The summed E-state index contributed by atoms with van der Waals surface area (Å²) in [7, 11) is 0. The molecule has 35 aromatic rings. The predicted molar refractivity (Wildman–Crippen MR) is 628 cm³/mol. The van der Waals surface area contributed by atoms with Crippen molar-refractivity contribution in [3.63, 3.8) is 0 Å². The largest absolute Gasteiger partial charge is 0.456 e. The van der Waals surface area contributed by atoms with Gasteiger partial charge < -0.3 is 49.6 Å². The molecule has 0 spiro atoms. The molecule has 0 saturated heterocycles. The number of fused-ring (bicyclic) bond motifs is 39. The Kier molecular flexibility index (Phi) is 18.3. The Balaban J connectivity index is 0.0000000884. The fourth-order valence-electron chi connectivity index (χ4n) is 24.8. The lowest BCUT2D eigenvalue weighted by Crippen LogP contribution is -1.96. The van der Waals surface area contributed by atoms with Crippen molar-refractivity contribution in [3.8, 4) is 39.8 Å². The number of benzene rings is 23. The molecule has 0 unspecified atom stereocenters. The Labute approximate surface area is 858 Å². The molecule has 0 aliphatic heterocycles. The maximum absolute atomic E-state index is 6.45. The highest BCUT2D eigenvalue weighted by atomic mass is 32.1. The summed E-state index contributed by atoms with van der Waals surface area (Å²) < 4.78 is 44.7. The number of nitrogens with zero attached hydrogens (tertiary/aromatic N) is 7. The van der Waals surface area contributed by atoms with Crippen LogP contribution in [0.1, 0.15) is 0 Å². The van der Waals surface area contributed by atoms with Crippen molar-refractivity contribution >= 4 is 272 Å². The molecule has 0 fully saturated rings. The van der Waals surface area contributed by atoms with Crippen LogP contribution in [0.15, 0.2) is 521 Å². The lowest BCUT2D eigenvalue weighted by molar-refractivity contribution is 0.669. The van der Waals surface area contributed by atoms with E-state index in [1.54, 1.807) is 0 Å². The molecular formula is C138H83N7O4S. The summed E-state index contributed by atoms with van der Waals surface area (Å²) in [4.78, 5) is 0. The number of furan rings is 4. The van der Waals surface area contributed by atoms with Crippen LogP contribution in [0.25, 0.3) is 300 Å². The van der Waals surface area contributed by atoms with Gasteiger partial charge in [0.25, 0.3) is 0 Å². The van der Waals surface area contributed by atoms with Crippen molar-refractivity contribution in [3.05, 3.63) is 504 Å². The Morgan fingerprint density at radius 3 is 0.993 bits per heavy atom. The van der Waals surface area contributed by atoms with E-state index in [9.17, 15) is 0 Å². The van der Waals surface area contributed by atoms with E-state index in [2.05, 4.69) is 505 Å². The number of aromatic nitrogens is 7. The standard InChI is InChI=1S/3C36H22N2O.C30H17NOS/c1-2-10-23(11-3-1)37-30-15-7-5-13-26(30)29-22-24(18-20-32(29)37)38-31-16-8-4-12-25(31)27-19-21-34-35(36(27)38)28-14-6-9-17-33(28)39-34;1-2-10-23(11-3-1)37-31-15-7-4-12-25(31)28-20-24(18-19-33(28)37)38-32-16-8-5-13-26(32)29-21-30-27-14-6-9-17-35(27)39-36(30)22-34(29)38;1-2-10-23(11-3-1)37-29-15-7-4-12-25(29)28-22-24(18-19-31(28)37)38-30-16-8-5-13-26(30)35-32(38)20-21-34-36(35)27-14-6-9-17-33(27)39-34;1-4-12-23-22(10-1)28-24(17-16-20-18-8-2-5-14-26(18)32-29(20)28)31(23)25-13-7-11-21-19-9-3-6-15-27(19)33-30(21)25/h3*1-22H;1-17H. The normalized spacial score (nSPS) is 12.1. The number of hydrogen-bond donors (Lipinski definition) is 0. The number of thiophene rings is 1. The molecule has 700 valence electrons. The molecule has 0 amide bonds. The summed E-state index contributed by atoms with van der Waals surface area (Å²) >= 11 is 1.87. The summed E-state index contributed by atoms with van der Waals surface area (Å²) in [5.74, 6) is 0. The molecule has 0 radical (unpaired) electrons. The second kappa shape index (κ2) is 32.8. The Morgan fingerprint density at radius 2 is 0.467 bits per heavy atom. The third-order valence-corrected chi connectivity index (χ3v) is 32.3. The molecule has 0 aliphatic carbocycles. The molecule has 12 heterocycles. The average molecular weight is 1940 g/mol. The quantitative estimate of drug-likeness (QED) is 0.159. The van der Waals surface area contributed by atoms with Gasteiger partial charge in [0.1, 0.15) is 44.7 Å². The van der Waals surface area contributed by atoms with Crippen LogP contribution < -0.4 is 0 Å². The number of hydrogen-bond acceptors (Lipinski definition) is 5. The van der Waals surface area contributed by atoms with E-state index in [1.165, 1.54) is 201 Å². The second-order valence-corrected chi connectivity index (χ2v) is 40.1. The molecular weight excluding hydrogens is 1850 g/mol. The van der Waals surface area contributed by atoms with E-state index in [0.717, 1.165) is 99.6 Å². The first-order valence-electron chi connectivity index (χ1n) is 51.0. The van der Waals surface area contributed by atoms with Crippen LogP contribution >= 0.6 is 11.3 Å². The first-order valence-corrected chi connectivity index (χ1v) is 51.8. The third-order valence-electron chi connectivity index (χ3n) is 31.1. The molecule has 0 atom stereocenters. The van der Waals surface area contributed by atoms with Crippen LogP contribution in [-0.2, 0) is 0 Å². The molecule has 0 N–H and O–H groups in total. The van der Waals surface area contributed by atoms with Crippen molar-refractivity contribution in [2.45, 2.75) is 0 Å². The first kappa shape index (κ1) is 83.5.